The van der Waals surface area contributed by atoms with Crippen LogP contribution < -0.4 is 0 Å². The molecular formula is C15H22BrNO3. The van der Waals surface area contributed by atoms with Gasteiger partial charge in [0.2, 0.25) is 5.91 Å². The van der Waals surface area contributed by atoms with Crippen LogP contribution >= 0.6 is 15.9 Å². The van der Waals surface area contributed by atoms with Gasteiger partial charge >= 0.3 is 0 Å². The molecule has 0 saturated carbocycles. The van der Waals surface area contributed by atoms with E-state index in [-0.39, 0.29) is 25.0 Å². The van der Waals surface area contributed by atoms with Crippen molar-refractivity contribution in [2.24, 2.45) is 5.92 Å². The predicted molar refractivity (Wildman–Crippen MR) is 82.5 cm³/mol. The number of ether oxygens (including phenoxy) is 1. The molecule has 0 heterocycles. The normalized spacial score (nSPS) is 13.8. The summed E-state index contributed by atoms with van der Waals surface area (Å²) in [5.41, 5.74) is 1.12. The lowest BCUT2D eigenvalue weighted by Crippen LogP contribution is -2.39. The highest BCUT2D eigenvalue weighted by Crippen LogP contribution is 2.15. The number of aliphatic hydroxyl groups is 1. The first-order valence-corrected chi connectivity index (χ1v) is 7.39. The summed E-state index contributed by atoms with van der Waals surface area (Å²) in [6.07, 6.45) is 0.0467. The number of hydrogen-bond acceptors (Lipinski definition) is 3. The molecule has 20 heavy (non-hydrogen) atoms. The number of nitrogens with zero attached hydrogens (tertiary/aromatic N) is 1. The van der Waals surface area contributed by atoms with Crippen LogP contribution in [0.4, 0.5) is 0 Å². The Labute approximate surface area is 128 Å². The van der Waals surface area contributed by atoms with Crippen molar-refractivity contribution in [3.05, 3.63) is 34.3 Å². The van der Waals surface area contributed by atoms with Gasteiger partial charge in [0.15, 0.2) is 0 Å². The molecule has 4 nitrogen and oxygen atoms in total. The minimum atomic E-state index is -0.645. The molecule has 112 valence electrons. The zero-order valence-electron chi connectivity index (χ0n) is 12.2. The number of methoxy groups -OCH3 is 1. The molecule has 1 aromatic rings. The van der Waals surface area contributed by atoms with Gasteiger partial charge in [-0.2, -0.15) is 0 Å². The topological polar surface area (TPSA) is 49.8 Å². The monoisotopic (exact) mass is 343 g/mol. The van der Waals surface area contributed by atoms with E-state index >= 15 is 0 Å². The van der Waals surface area contributed by atoms with Crippen LogP contribution in [-0.2, 0) is 16.0 Å². The number of carbonyl (C=O) groups is 1. The summed E-state index contributed by atoms with van der Waals surface area (Å²) < 4.78 is 5.89. The Morgan fingerprint density at radius 3 is 2.55 bits per heavy atom. The summed E-state index contributed by atoms with van der Waals surface area (Å²) in [7, 11) is 3.24. The molecule has 0 saturated heterocycles. The highest BCUT2D eigenvalue weighted by atomic mass is 79.9. The molecule has 0 spiro atoms. The van der Waals surface area contributed by atoms with E-state index in [1.54, 1.807) is 11.9 Å². The third-order valence-corrected chi connectivity index (χ3v) is 3.63. The fourth-order valence-corrected chi connectivity index (χ4v) is 2.35. The molecule has 1 rings (SSSR count). The molecule has 0 aromatic heterocycles. The smallest absolute Gasteiger partial charge is 0.225 e. The lowest BCUT2D eigenvalue weighted by atomic mass is 10.00. The standard InChI is InChI=1S/C15H22BrNO3/c1-11(8-12-4-6-13(16)7-5-12)15(19)17(2)9-14(18)10-20-3/h4-7,11,14,18H,8-10H2,1-3H3. The molecule has 1 N–H and O–H groups in total. The predicted octanol–water partition coefficient (Wildman–Crippen LogP) is 2.09. The summed E-state index contributed by atoms with van der Waals surface area (Å²) >= 11 is 3.39. The van der Waals surface area contributed by atoms with Crippen molar-refractivity contribution in [2.45, 2.75) is 19.4 Å². The Hall–Kier alpha value is -0.910. The minimum absolute atomic E-state index is 0.0306. The van der Waals surface area contributed by atoms with Crippen molar-refractivity contribution in [1.29, 1.82) is 0 Å². The zero-order chi connectivity index (χ0) is 15.1. The van der Waals surface area contributed by atoms with Crippen molar-refractivity contribution in [3.63, 3.8) is 0 Å². The number of halogens is 1. The molecule has 2 atom stereocenters. The van der Waals surface area contributed by atoms with Crippen molar-refractivity contribution in [3.8, 4) is 0 Å². The Kier molecular flexibility index (Phi) is 7.19. The second-order valence-electron chi connectivity index (χ2n) is 5.06. The molecular weight excluding hydrogens is 322 g/mol. The first kappa shape index (κ1) is 17.1. The molecule has 0 aliphatic carbocycles. The fourth-order valence-electron chi connectivity index (χ4n) is 2.09. The summed E-state index contributed by atoms with van der Waals surface area (Å²) in [5.74, 6) is -0.0843. The Morgan fingerprint density at radius 2 is 2.00 bits per heavy atom. The number of amides is 1. The molecule has 1 aromatic carbocycles. The number of benzene rings is 1. The van der Waals surface area contributed by atoms with E-state index in [2.05, 4.69) is 15.9 Å². The van der Waals surface area contributed by atoms with Gasteiger partial charge < -0.3 is 14.7 Å². The van der Waals surface area contributed by atoms with Crippen molar-refractivity contribution in [2.75, 3.05) is 27.3 Å². The van der Waals surface area contributed by atoms with E-state index in [9.17, 15) is 9.90 Å². The van der Waals surface area contributed by atoms with E-state index in [0.29, 0.717) is 6.42 Å². The molecule has 0 aliphatic rings. The van der Waals surface area contributed by atoms with Gasteiger partial charge in [-0.25, -0.2) is 0 Å². The van der Waals surface area contributed by atoms with Gasteiger partial charge in [-0.15, -0.1) is 0 Å². The first-order valence-electron chi connectivity index (χ1n) is 6.60. The van der Waals surface area contributed by atoms with Gasteiger partial charge in [-0.3, -0.25) is 4.79 Å². The number of carbonyl (C=O) groups excluding carboxylic acids is 1. The van der Waals surface area contributed by atoms with Gasteiger partial charge in [0, 0.05) is 31.1 Å². The molecule has 5 heteroatoms. The van der Waals surface area contributed by atoms with Crippen LogP contribution in [0.15, 0.2) is 28.7 Å². The third-order valence-electron chi connectivity index (χ3n) is 3.10. The van der Waals surface area contributed by atoms with Crippen LogP contribution in [0.5, 0.6) is 0 Å². The van der Waals surface area contributed by atoms with Crippen LogP contribution in [0.3, 0.4) is 0 Å². The highest BCUT2D eigenvalue weighted by molar-refractivity contribution is 9.10. The second-order valence-corrected chi connectivity index (χ2v) is 5.98. The van der Waals surface area contributed by atoms with E-state index in [0.717, 1.165) is 10.0 Å². The molecule has 0 bridgehead atoms. The third kappa shape index (κ3) is 5.61. The van der Waals surface area contributed by atoms with E-state index in [4.69, 9.17) is 4.74 Å². The van der Waals surface area contributed by atoms with Crippen molar-refractivity contribution >= 4 is 21.8 Å². The SMILES string of the molecule is COCC(O)CN(C)C(=O)C(C)Cc1ccc(Br)cc1. The molecule has 0 radical (unpaired) electrons. The summed E-state index contributed by atoms with van der Waals surface area (Å²) in [4.78, 5) is 13.8. The summed E-state index contributed by atoms with van der Waals surface area (Å²) in [6, 6.07) is 7.96. The second kappa shape index (κ2) is 8.39. The average molecular weight is 344 g/mol. The minimum Gasteiger partial charge on any atom is -0.389 e. The van der Waals surface area contributed by atoms with Crippen LogP contribution in [0, 0.1) is 5.92 Å². The number of likely N-dealkylation sites (N-methyl/N-ethyl adjacent to an activating group) is 1. The van der Waals surface area contributed by atoms with Gasteiger partial charge in [-0.05, 0) is 24.1 Å². The Morgan fingerprint density at radius 1 is 1.40 bits per heavy atom. The maximum absolute atomic E-state index is 12.2. The van der Waals surface area contributed by atoms with Gasteiger partial charge in [-0.1, -0.05) is 35.0 Å². The Bertz CT molecular complexity index is 422. The van der Waals surface area contributed by atoms with Crippen LogP contribution in [-0.4, -0.2) is 49.3 Å². The lowest BCUT2D eigenvalue weighted by Gasteiger charge is -2.23. The molecule has 2 unspecified atom stereocenters. The average Bonchev–Trinajstić information content (AvgIpc) is 2.40. The Balaban J connectivity index is 2.51. The van der Waals surface area contributed by atoms with Crippen LogP contribution in [0.25, 0.3) is 0 Å². The van der Waals surface area contributed by atoms with E-state index in [1.165, 1.54) is 7.11 Å². The highest BCUT2D eigenvalue weighted by Gasteiger charge is 2.20. The van der Waals surface area contributed by atoms with Crippen LogP contribution in [0.2, 0.25) is 0 Å². The van der Waals surface area contributed by atoms with Crippen LogP contribution in [0.1, 0.15) is 12.5 Å². The largest absolute Gasteiger partial charge is 0.389 e. The maximum Gasteiger partial charge on any atom is 0.225 e. The zero-order valence-corrected chi connectivity index (χ0v) is 13.8. The van der Waals surface area contributed by atoms with Gasteiger partial charge in [0.05, 0.1) is 12.7 Å². The summed E-state index contributed by atoms with van der Waals surface area (Å²) in [6.45, 7) is 2.43. The van der Waals surface area contributed by atoms with E-state index in [1.807, 2.05) is 31.2 Å². The van der Waals surface area contributed by atoms with Gasteiger partial charge in [0.1, 0.15) is 0 Å². The fraction of sp³-hybridized carbons (Fsp3) is 0.533. The maximum atomic E-state index is 12.2. The number of aliphatic hydroxyl groups excluding tert-OH is 1. The van der Waals surface area contributed by atoms with E-state index < -0.39 is 6.10 Å². The van der Waals surface area contributed by atoms with Crippen molar-refractivity contribution < 1.29 is 14.6 Å². The quantitative estimate of drug-likeness (QED) is 0.824. The molecule has 0 aliphatic heterocycles. The molecule has 1 amide bonds. The summed E-state index contributed by atoms with van der Waals surface area (Å²) in [5, 5.41) is 9.65. The first-order chi connectivity index (χ1) is 9.43. The van der Waals surface area contributed by atoms with Crippen molar-refractivity contribution in [1.82, 2.24) is 4.90 Å². The lowest BCUT2D eigenvalue weighted by molar-refractivity contribution is -0.135. The molecule has 0 fully saturated rings. The number of hydrogen-bond donors (Lipinski definition) is 1. The number of rotatable bonds is 7. The van der Waals surface area contributed by atoms with Gasteiger partial charge in [0.25, 0.3) is 0 Å².